The average Bonchev–Trinajstić information content (AvgIpc) is 2.33. The molecule has 0 amide bonds. The van der Waals surface area contributed by atoms with Crippen LogP contribution in [-0.2, 0) is 12.8 Å². The predicted octanol–water partition coefficient (Wildman–Crippen LogP) is 3.56. The highest BCUT2D eigenvalue weighted by Crippen LogP contribution is 2.14. The van der Waals surface area contributed by atoms with E-state index in [0.29, 0.717) is 0 Å². The fraction of sp³-hybridized carbons (Fsp3) is 0.294. The van der Waals surface area contributed by atoms with Gasteiger partial charge in [-0.3, -0.25) is 0 Å². The summed E-state index contributed by atoms with van der Waals surface area (Å²) in [5.41, 5.74) is 10.8. The van der Waals surface area contributed by atoms with Gasteiger partial charge in [-0.05, 0) is 55.5 Å². The quantitative estimate of drug-likeness (QED) is 0.890. The molecular weight excluding hydrogens is 237 g/mol. The molecule has 2 N–H and O–H groups in total. The van der Waals surface area contributed by atoms with Crippen molar-refractivity contribution in [3.63, 3.8) is 0 Å². The van der Waals surface area contributed by atoms with E-state index in [0.717, 1.165) is 24.0 Å². The van der Waals surface area contributed by atoms with Crippen LogP contribution in [0.2, 0.25) is 0 Å². The lowest BCUT2D eigenvalue weighted by atomic mass is 9.96. The smallest absolute Gasteiger partial charge is 0.123 e. The van der Waals surface area contributed by atoms with E-state index in [2.05, 4.69) is 31.2 Å². The summed E-state index contributed by atoms with van der Waals surface area (Å²) in [5.74, 6) is -0.187. The zero-order chi connectivity index (χ0) is 13.8. The molecule has 0 aliphatic heterocycles. The predicted molar refractivity (Wildman–Crippen MR) is 77.7 cm³/mol. The van der Waals surface area contributed by atoms with Crippen LogP contribution in [0.5, 0.6) is 0 Å². The van der Waals surface area contributed by atoms with E-state index < -0.39 is 0 Å². The maximum atomic E-state index is 13.0. The van der Waals surface area contributed by atoms with Gasteiger partial charge in [0.25, 0.3) is 0 Å². The first-order valence-corrected chi connectivity index (χ1v) is 6.61. The van der Waals surface area contributed by atoms with Crippen LogP contribution in [0.4, 0.5) is 4.39 Å². The molecule has 2 heteroatoms. The highest BCUT2D eigenvalue weighted by Gasteiger charge is 2.08. The summed E-state index contributed by atoms with van der Waals surface area (Å²) in [6, 6.07) is 13.4. The summed E-state index contributed by atoms with van der Waals surface area (Å²) in [6.07, 6.45) is 1.62. The molecule has 0 radical (unpaired) electrons. The van der Waals surface area contributed by atoms with Crippen molar-refractivity contribution < 1.29 is 4.39 Å². The Labute approximate surface area is 114 Å². The number of benzene rings is 2. The van der Waals surface area contributed by atoms with E-state index >= 15 is 0 Å². The van der Waals surface area contributed by atoms with Crippen molar-refractivity contribution in [3.05, 3.63) is 70.5 Å². The molecule has 0 spiro atoms. The van der Waals surface area contributed by atoms with E-state index in [4.69, 9.17) is 5.73 Å². The average molecular weight is 257 g/mol. The van der Waals surface area contributed by atoms with Gasteiger partial charge in [-0.1, -0.05) is 35.9 Å². The summed E-state index contributed by atoms with van der Waals surface area (Å²) in [5, 5.41) is 0. The summed E-state index contributed by atoms with van der Waals surface area (Å²) < 4.78 is 13.0. The second-order valence-corrected chi connectivity index (χ2v) is 5.23. The monoisotopic (exact) mass is 257 g/mol. The van der Waals surface area contributed by atoms with E-state index in [1.807, 2.05) is 13.0 Å². The van der Waals surface area contributed by atoms with Gasteiger partial charge in [0, 0.05) is 6.04 Å². The maximum absolute atomic E-state index is 13.0. The Kier molecular flexibility index (Phi) is 4.33. The molecule has 0 saturated heterocycles. The molecule has 19 heavy (non-hydrogen) atoms. The molecule has 2 aromatic rings. The van der Waals surface area contributed by atoms with Gasteiger partial charge in [-0.2, -0.15) is 0 Å². The Morgan fingerprint density at radius 1 is 1.05 bits per heavy atom. The van der Waals surface area contributed by atoms with Crippen LogP contribution >= 0.6 is 0 Å². The largest absolute Gasteiger partial charge is 0.327 e. The molecular formula is C17H20FN. The fourth-order valence-corrected chi connectivity index (χ4v) is 2.38. The third-order valence-electron chi connectivity index (χ3n) is 3.37. The van der Waals surface area contributed by atoms with E-state index in [-0.39, 0.29) is 11.9 Å². The standard InChI is InChI=1S/C17H20FN/c1-12-4-3-5-14(8-12)10-17(19)11-15-6-7-16(18)9-13(15)2/h3-9,17H,10-11,19H2,1-2H3. The molecule has 1 atom stereocenters. The summed E-state index contributed by atoms with van der Waals surface area (Å²) in [7, 11) is 0. The van der Waals surface area contributed by atoms with Gasteiger partial charge in [0.15, 0.2) is 0 Å². The van der Waals surface area contributed by atoms with Gasteiger partial charge >= 0.3 is 0 Å². The molecule has 2 aromatic carbocycles. The normalized spacial score (nSPS) is 12.4. The Hall–Kier alpha value is -1.67. The number of halogens is 1. The van der Waals surface area contributed by atoms with Gasteiger partial charge in [0.1, 0.15) is 5.82 Å². The number of aryl methyl sites for hydroxylation is 2. The molecule has 0 aromatic heterocycles. The summed E-state index contributed by atoms with van der Waals surface area (Å²) >= 11 is 0. The Morgan fingerprint density at radius 3 is 2.53 bits per heavy atom. The highest BCUT2D eigenvalue weighted by molar-refractivity contribution is 5.28. The molecule has 1 nitrogen and oxygen atoms in total. The third-order valence-corrected chi connectivity index (χ3v) is 3.37. The molecule has 1 unspecified atom stereocenters. The minimum absolute atomic E-state index is 0.0611. The Morgan fingerprint density at radius 2 is 1.84 bits per heavy atom. The fourth-order valence-electron chi connectivity index (χ4n) is 2.38. The topological polar surface area (TPSA) is 26.0 Å². The Balaban J connectivity index is 2.03. The van der Waals surface area contributed by atoms with Gasteiger partial charge in [0.2, 0.25) is 0 Å². The van der Waals surface area contributed by atoms with Crippen LogP contribution in [0, 0.1) is 19.7 Å². The van der Waals surface area contributed by atoms with Crippen molar-refractivity contribution in [2.24, 2.45) is 5.73 Å². The molecule has 2 rings (SSSR count). The van der Waals surface area contributed by atoms with E-state index in [1.54, 1.807) is 6.07 Å². The van der Waals surface area contributed by atoms with Crippen molar-refractivity contribution in [1.82, 2.24) is 0 Å². The zero-order valence-electron chi connectivity index (χ0n) is 11.5. The summed E-state index contributed by atoms with van der Waals surface area (Å²) in [6.45, 7) is 4.01. The number of hydrogen-bond acceptors (Lipinski definition) is 1. The molecule has 0 aliphatic carbocycles. The lowest BCUT2D eigenvalue weighted by Crippen LogP contribution is -2.25. The molecule has 0 saturated carbocycles. The second-order valence-electron chi connectivity index (χ2n) is 5.23. The van der Waals surface area contributed by atoms with Crippen LogP contribution in [0.3, 0.4) is 0 Å². The molecule has 0 fully saturated rings. The van der Waals surface area contributed by atoms with E-state index in [9.17, 15) is 4.39 Å². The van der Waals surface area contributed by atoms with Crippen molar-refractivity contribution in [2.45, 2.75) is 32.7 Å². The zero-order valence-corrected chi connectivity index (χ0v) is 11.5. The SMILES string of the molecule is Cc1cccc(CC(N)Cc2ccc(F)cc2C)c1. The van der Waals surface area contributed by atoms with Crippen molar-refractivity contribution >= 4 is 0 Å². The second kappa shape index (κ2) is 5.98. The number of rotatable bonds is 4. The van der Waals surface area contributed by atoms with Crippen molar-refractivity contribution in [1.29, 1.82) is 0 Å². The van der Waals surface area contributed by atoms with Gasteiger partial charge in [0.05, 0.1) is 0 Å². The Bertz CT molecular complexity index is 563. The first-order valence-electron chi connectivity index (χ1n) is 6.61. The van der Waals surface area contributed by atoms with E-state index in [1.165, 1.54) is 17.2 Å². The molecule has 0 bridgehead atoms. The van der Waals surface area contributed by atoms with Crippen LogP contribution < -0.4 is 5.73 Å². The summed E-state index contributed by atoms with van der Waals surface area (Å²) in [4.78, 5) is 0. The minimum atomic E-state index is -0.187. The number of hydrogen-bond donors (Lipinski definition) is 1. The molecule has 100 valence electrons. The first kappa shape index (κ1) is 13.8. The van der Waals surface area contributed by atoms with Gasteiger partial charge < -0.3 is 5.73 Å². The van der Waals surface area contributed by atoms with Gasteiger partial charge in [-0.15, -0.1) is 0 Å². The highest BCUT2D eigenvalue weighted by atomic mass is 19.1. The van der Waals surface area contributed by atoms with Crippen LogP contribution in [0.25, 0.3) is 0 Å². The van der Waals surface area contributed by atoms with Crippen LogP contribution in [0.15, 0.2) is 42.5 Å². The van der Waals surface area contributed by atoms with Gasteiger partial charge in [-0.25, -0.2) is 4.39 Å². The first-order chi connectivity index (χ1) is 9.04. The minimum Gasteiger partial charge on any atom is -0.327 e. The lowest BCUT2D eigenvalue weighted by molar-refractivity contribution is 0.621. The van der Waals surface area contributed by atoms with Crippen LogP contribution in [-0.4, -0.2) is 6.04 Å². The molecule has 0 aliphatic rings. The molecule has 0 heterocycles. The van der Waals surface area contributed by atoms with Crippen LogP contribution in [0.1, 0.15) is 22.3 Å². The van der Waals surface area contributed by atoms with Crippen molar-refractivity contribution in [3.8, 4) is 0 Å². The number of nitrogens with two attached hydrogens (primary N) is 1. The lowest BCUT2D eigenvalue weighted by Gasteiger charge is -2.14. The third kappa shape index (κ3) is 3.90. The van der Waals surface area contributed by atoms with Crippen molar-refractivity contribution in [2.75, 3.05) is 0 Å². The maximum Gasteiger partial charge on any atom is 0.123 e.